The second-order valence-electron chi connectivity index (χ2n) is 4.84. The molecule has 0 unspecified atom stereocenters. The first-order chi connectivity index (χ1) is 9.19. The number of rotatable bonds is 6. The van der Waals surface area contributed by atoms with Crippen LogP contribution in [0, 0.1) is 6.92 Å². The van der Waals surface area contributed by atoms with Crippen molar-refractivity contribution in [2.45, 2.75) is 26.9 Å². The topological polar surface area (TPSA) is 15.3 Å². The summed E-state index contributed by atoms with van der Waals surface area (Å²) in [5, 5.41) is 3.37. The predicted molar refractivity (Wildman–Crippen MR) is 85.0 cm³/mol. The van der Waals surface area contributed by atoms with Crippen LogP contribution in [0.25, 0.3) is 0 Å². The zero-order valence-electron chi connectivity index (χ0n) is 11.9. The van der Waals surface area contributed by atoms with Gasteiger partial charge in [0.15, 0.2) is 0 Å². The summed E-state index contributed by atoms with van der Waals surface area (Å²) >= 11 is 1.89. The Labute approximate surface area is 120 Å². The number of benzene rings is 1. The summed E-state index contributed by atoms with van der Waals surface area (Å²) < 4.78 is 0. The highest BCUT2D eigenvalue weighted by atomic mass is 32.1. The van der Waals surface area contributed by atoms with E-state index >= 15 is 0 Å². The fourth-order valence-electron chi connectivity index (χ4n) is 1.97. The van der Waals surface area contributed by atoms with Crippen molar-refractivity contribution < 1.29 is 0 Å². The largest absolute Gasteiger partial charge is 0.369 e. The molecule has 19 heavy (non-hydrogen) atoms. The van der Waals surface area contributed by atoms with Crippen LogP contribution in [0.5, 0.6) is 0 Å². The number of nitrogens with one attached hydrogen (secondary N) is 1. The normalized spacial score (nSPS) is 10.7. The van der Waals surface area contributed by atoms with Gasteiger partial charge in [-0.3, -0.25) is 0 Å². The molecule has 2 rings (SSSR count). The maximum atomic E-state index is 3.37. The molecule has 2 nitrogen and oxygen atoms in total. The lowest BCUT2D eigenvalue weighted by Gasteiger charge is -2.18. The molecule has 0 amide bonds. The quantitative estimate of drug-likeness (QED) is 0.862. The van der Waals surface area contributed by atoms with Gasteiger partial charge >= 0.3 is 0 Å². The third kappa shape index (κ3) is 4.08. The van der Waals surface area contributed by atoms with E-state index in [0.717, 1.165) is 19.6 Å². The molecule has 0 aliphatic rings. The number of anilines is 1. The summed E-state index contributed by atoms with van der Waals surface area (Å²) in [7, 11) is 2.15. The maximum absolute atomic E-state index is 3.37. The van der Waals surface area contributed by atoms with E-state index in [2.05, 4.69) is 67.5 Å². The average Bonchev–Trinajstić information content (AvgIpc) is 2.84. The molecule has 102 valence electrons. The van der Waals surface area contributed by atoms with E-state index < -0.39 is 0 Å². The van der Waals surface area contributed by atoms with Gasteiger partial charge in [0, 0.05) is 29.0 Å². The molecule has 1 aromatic heterocycles. The van der Waals surface area contributed by atoms with E-state index in [1.807, 2.05) is 11.3 Å². The van der Waals surface area contributed by atoms with Crippen LogP contribution in [0.3, 0.4) is 0 Å². The Morgan fingerprint density at radius 1 is 1.05 bits per heavy atom. The molecule has 0 bridgehead atoms. The second kappa shape index (κ2) is 6.73. The van der Waals surface area contributed by atoms with Crippen molar-refractivity contribution in [1.29, 1.82) is 0 Å². The molecule has 2 aromatic rings. The van der Waals surface area contributed by atoms with Gasteiger partial charge in [-0.2, -0.15) is 0 Å². The van der Waals surface area contributed by atoms with Crippen molar-refractivity contribution in [2.75, 3.05) is 18.5 Å². The van der Waals surface area contributed by atoms with Gasteiger partial charge < -0.3 is 10.2 Å². The van der Waals surface area contributed by atoms with Gasteiger partial charge in [0.05, 0.1) is 6.54 Å². The summed E-state index contributed by atoms with van der Waals surface area (Å²) in [6.45, 7) is 7.24. The summed E-state index contributed by atoms with van der Waals surface area (Å²) in [5.74, 6) is 0. The Balaban J connectivity index is 1.96. The number of thiophene rings is 1. The first-order valence-corrected chi connectivity index (χ1v) is 7.57. The molecule has 1 heterocycles. The lowest BCUT2D eigenvalue weighted by atomic mass is 10.2. The number of hydrogen-bond acceptors (Lipinski definition) is 3. The van der Waals surface area contributed by atoms with E-state index in [0.29, 0.717) is 0 Å². The first-order valence-electron chi connectivity index (χ1n) is 6.75. The van der Waals surface area contributed by atoms with Crippen molar-refractivity contribution >= 4 is 17.0 Å². The van der Waals surface area contributed by atoms with Crippen LogP contribution in [0.2, 0.25) is 0 Å². The molecule has 0 aliphatic carbocycles. The lowest BCUT2D eigenvalue weighted by molar-refractivity contribution is 0.735. The van der Waals surface area contributed by atoms with E-state index in [4.69, 9.17) is 0 Å². The third-order valence-corrected chi connectivity index (χ3v) is 4.20. The molecular formula is C16H22N2S. The van der Waals surface area contributed by atoms with E-state index in [1.54, 1.807) is 0 Å². The van der Waals surface area contributed by atoms with Gasteiger partial charge in [-0.05, 0) is 37.7 Å². The minimum atomic E-state index is 0.972. The van der Waals surface area contributed by atoms with Crippen LogP contribution in [-0.4, -0.2) is 13.6 Å². The Morgan fingerprint density at radius 2 is 1.74 bits per heavy atom. The van der Waals surface area contributed by atoms with Crippen molar-refractivity contribution in [2.24, 2.45) is 0 Å². The smallest absolute Gasteiger partial charge is 0.0519 e. The van der Waals surface area contributed by atoms with Crippen LogP contribution in [0.1, 0.15) is 22.2 Å². The maximum Gasteiger partial charge on any atom is 0.0519 e. The molecule has 1 N–H and O–H groups in total. The summed E-state index contributed by atoms with van der Waals surface area (Å²) in [6, 6.07) is 13.2. The summed E-state index contributed by atoms with van der Waals surface area (Å²) in [5.41, 5.74) is 2.58. The Kier molecular flexibility index (Phi) is 5.00. The molecule has 0 spiro atoms. The van der Waals surface area contributed by atoms with Crippen LogP contribution >= 0.6 is 11.3 Å². The molecule has 0 saturated carbocycles. The minimum Gasteiger partial charge on any atom is -0.369 e. The van der Waals surface area contributed by atoms with Crippen molar-refractivity contribution in [3.8, 4) is 0 Å². The molecule has 3 heteroatoms. The number of aryl methyl sites for hydroxylation is 1. The highest BCUT2D eigenvalue weighted by molar-refractivity contribution is 7.12. The van der Waals surface area contributed by atoms with Crippen LogP contribution in [0.15, 0.2) is 36.4 Å². The standard InChI is InChI=1S/C16H22N2S/c1-4-17-11-15-9-10-16(19-15)12-18(3)14-7-5-13(2)6-8-14/h5-10,17H,4,11-12H2,1-3H3. The molecule has 0 radical (unpaired) electrons. The van der Waals surface area contributed by atoms with Gasteiger partial charge in [-0.25, -0.2) is 0 Å². The highest BCUT2D eigenvalue weighted by Gasteiger charge is 2.05. The Bertz CT molecular complexity index is 502. The van der Waals surface area contributed by atoms with E-state index in [1.165, 1.54) is 21.0 Å². The minimum absolute atomic E-state index is 0.972. The zero-order chi connectivity index (χ0) is 13.7. The van der Waals surface area contributed by atoms with Crippen LogP contribution < -0.4 is 10.2 Å². The van der Waals surface area contributed by atoms with Crippen LogP contribution in [0.4, 0.5) is 5.69 Å². The number of nitrogens with zero attached hydrogens (tertiary/aromatic N) is 1. The van der Waals surface area contributed by atoms with Gasteiger partial charge in [0.25, 0.3) is 0 Å². The molecule has 0 aliphatic heterocycles. The van der Waals surface area contributed by atoms with Crippen molar-refractivity contribution in [1.82, 2.24) is 5.32 Å². The van der Waals surface area contributed by atoms with E-state index in [-0.39, 0.29) is 0 Å². The molecule has 0 atom stereocenters. The van der Waals surface area contributed by atoms with Crippen molar-refractivity contribution in [3.63, 3.8) is 0 Å². The lowest BCUT2D eigenvalue weighted by Crippen LogP contribution is -2.15. The monoisotopic (exact) mass is 274 g/mol. The molecular weight excluding hydrogens is 252 g/mol. The SMILES string of the molecule is CCNCc1ccc(CN(C)c2ccc(C)cc2)s1. The Hall–Kier alpha value is -1.32. The fraction of sp³-hybridized carbons (Fsp3) is 0.375. The predicted octanol–water partition coefficient (Wildman–Crippen LogP) is 3.80. The van der Waals surface area contributed by atoms with Crippen molar-refractivity contribution in [3.05, 3.63) is 51.7 Å². The van der Waals surface area contributed by atoms with E-state index in [9.17, 15) is 0 Å². The molecule has 0 saturated heterocycles. The second-order valence-corrected chi connectivity index (χ2v) is 6.09. The van der Waals surface area contributed by atoms with Gasteiger partial charge in [-0.15, -0.1) is 11.3 Å². The fourth-order valence-corrected chi connectivity index (χ4v) is 3.02. The number of hydrogen-bond donors (Lipinski definition) is 1. The molecule has 1 aromatic carbocycles. The molecule has 0 fully saturated rings. The Morgan fingerprint density at radius 3 is 2.42 bits per heavy atom. The zero-order valence-corrected chi connectivity index (χ0v) is 12.8. The van der Waals surface area contributed by atoms with Crippen LogP contribution in [-0.2, 0) is 13.1 Å². The van der Waals surface area contributed by atoms with Gasteiger partial charge in [0.2, 0.25) is 0 Å². The summed E-state index contributed by atoms with van der Waals surface area (Å²) in [6.07, 6.45) is 0. The first kappa shape index (κ1) is 14.1. The highest BCUT2D eigenvalue weighted by Crippen LogP contribution is 2.21. The van der Waals surface area contributed by atoms with Gasteiger partial charge in [0.1, 0.15) is 0 Å². The third-order valence-electron chi connectivity index (χ3n) is 3.13. The van der Waals surface area contributed by atoms with Gasteiger partial charge in [-0.1, -0.05) is 24.6 Å². The average molecular weight is 274 g/mol. The summed E-state index contributed by atoms with van der Waals surface area (Å²) in [4.78, 5) is 5.12.